The second kappa shape index (κ2) is 4.56. The number of rotatable bonds is 5. The molecule has 0 radical (unpaired) electrons. The van der Waals surface area contributed by atoms with E-state index in [1.165, 1.54) is 0 Å². The molecule has 1 unspecified atom stereocenters. The van der Waals surface area contributed by atoms with Gasteiger partial charge >= 0.3 is 0 Å². The maximum atomic E-state index is 12.5. The summed E-state index contributed by atoms with van der Waals surface area (Å²) in [7, 11) is 0. The minimum Gasteiger partial charge on any atom is -0.316 e. The summed E-state index contributed by atoms with van der Waals surface area (Å²) in [6.07, 6.45) is 0.159. The molecule has 1 saturated carbocycles. The van der Waals surface area contributed by atoms with Gasteiger partial charge in [0.2, 0.25) is 5.92 Å². The second-order valence-electron chi connectivity index (χ2n) is 5.01. The van der Waals surface area contributed by atoms with Gasteiger partial charge in [0.25, 0.3) is 0 Å². The molecule has 0 spiro atoms. The van der Waals surface area contributed by atoms with Crippen LogP contribution in [0.15, 0.2) is 0 Å². The van der Waals surface area contributed by atoms with Crippen molar-refractivity contribution in [3.8, 4) is 0 Å². The summed E-state index contributed by atoms with van der Waals surface area (Å²) in [5.41, 5.74) is 0. The van der Waals surface area contributed by atoms with Gasteiger partial charge in [-0.15, -0.1) is 0 Å². The molecule has 0 aromatic rings. The van der Waals surface area contributed by atoms with Crippen LogP contribution in [0.5, 0.6) is 0 Å². The molecule has 0 bridgehead atoms. The third-order valence-corrected chi connectivity index (χ3v) is 3.21. The highest BCUT2D eigenvalue weighted by molar-refractivity contribution is 4.87. The van der Waals surface area contributed by atoms with Crippen molar-refractivity contribution in [3.05, 3.63) is 0 Å². The molecule has 0 aromatic heterocycles. The fourth-order valence-electron chi connectivity index (χ4n) is 1.68. The highest BCUT2D eigenvalue weighted by atomic mass is 19.3. The van der Waals surface area contributed by atoms with Crippen LogP contribution in [0, 0.1) is 17.8 Å². The van der Waals surface area contributed by atoms with E-state index >= 15 is 0 Å². The Balaban J connectivity index is 2.01. The third-order valence-electron chi connectivity index (χ3n) is 3.21. The smallest absolute Gasteiger partial charge is 0.248 e. The van der Waals surface area contributed by atoms with Crippen LogP contribution in [0.3, 0.4) is 0 Å². The summed E-state index contributed by atoms with van der Waals surface area (Å²) in [5.74, 6) is -0.888. The minimum atomic E-state index is -2.37. The lowest BCUT2D eigenvalue weighted by molar-refractivity contribution is -0.109. The van der Waals surface area contributed by atoms with Crippen LogP contribution in [0.2, 0.25) is 0 Å². The van der Waals surface area contributed by atoms with Crippen LogP contribution in [0.4, 0.5) is 8.78 Å². The Morgan fingerprint density at radius 1 is 1.29 bits per heavy atom. The van der Waals surface area contributed by atoms with Crippen LogP contribution in [0.25, 0.3) is 0 Å². The summed E-state index contributed by atoms with van der Waals surface area (Å²) in [4.78, 5) is 0. The topological polar surface area (TPSA) is 12.0 Å². The molecule has 1 atom stereocenters. The fraction of sp³-hybridized carbons (Fsp3) is 1.00. The molecule has 0 aromatic carbocycles. The molecular formula is C11H21F2N. The highest BCUT2D eigenvalue weighted by Crippen LogP contribution is 2.41. The lowest BCUT2D eigenvalue weighted by atomic mass is 9.81. The van der Waals surface area contributed by atoms with Crippen molar-refractivity contribution in [2.45, 2.75) is 39.5 Å². The zero-order chi connectivity index (χ0) is 10.8. The van der Waals surface area contributed by atoms with E-state index in [4.69, 9.17) is 0 Å². The van der Waals surface area contributed by atoms with E-state index in [1.54, 1.807) is 0 Å². The molecule has 3 heteroatoms. The van der Waals surface area contributed by atoms with E-state index in [9.17, 15) is 8.78 Å². The van der Waals surface area contributed by atoms with Gasteiger partial charge in [0.05, 0.1) is 0 Å². The molecule has 0 aliphatic heterocycles. The molecule has 1 rings (SSSR count). The molecule has 1 fully saturated rings. The molecule has 14 heavy (non-hydrogen) atoms. The first-order valence-corrected chi connectivity index (χ1v) is 5.49. The van der Waals surface area contributed by atoms with Crippen LogP contribution in [-0.2, 0) is 0 Å². The van der Waals surface area contributed by atoms with Gasteiger partial charge in [-0.3, -0.25) is 0 Å². The number of halogens is 2. The molecule has 0 heterocycles. The minimum absolute atomic E-state index is 0.0794. The third kappa shape index (κ3) is 3.52. The first-order chi connectivity index (χ1) is 6.41. The Labute approximate surface area is 85.3 Å². The Morgan fingerprint density at radius 3 is 2.29 bits per heavy atom. The fourth-order valence-corrected chi connectivity index (χ4v) is 1.68. The summed E-state index contributed by atoms with van der Waals surface area (Å²) in [6, 6.07) is 0. The largest absolute Gasteiger partial charge is 0.316 e. The summed E-state index contributed by atoms with van der Waals surface area (Å²) >= 11 is 0. The molecule has 1 N–H and O–H groups in total. The van der Waals surface area contributed by atoms with Crippen molar-refractivity contribution >= 4 is 0 Å². The van der Waals surface area contributed by atoms with Gasteiger partial charge in [-0.05, 0) is 30.8 Å². The quantitative estimate of drug-likeness (QED) is 0.727. The van der Waals surface area contributed by atoms with Gasteiger partial charge in [0.15, 0.2) is 0 Å². The van der Waals surface area contributed by atoms with E-state index < -0.39 is 5.92 Å². The average molecular weight is 205 g/mol. The summed E-state index contributed by atoms with van der Waals surface area (Å²) < 4.78 is 24.9. The molecule has 84 valence electrons. The van der Waals surface area contributed by atoms with Crippen molar-refractivity contribution in [1.82, 2.24) is 5.32 Å². The predicted octanol–water partition coefficient (Wildman–Crippen LogP) is 2.91. The van der Waals surface area contributed by atoms with Crippen LogP contribution in [0.1, 0.15) is 33.6 Å². The van der Waals surface area contributed by atoms with E-state index in [1.807, 2.05) is 0 Å². The predicted molar refractivity (Wildman–Crippen MR) is 54.5 cm³/mol. The van der Waals surface area contributed by atoms with Gasteiger partial charge in [0, 0.05) is 12.8 Å². The van der Waals surface area contributed by atoms with Crippen molar-refractivity contribution in [2.75, 3.05) is 13.1 Å². The van der Waals surface area contributed by atoms with Crippen LogP contribution in [-0.4, -0.2) is 19.0 Å². The Kier molecular flexibility index (Phi) is 3.87. The zero-order valence-electron chi connectivity index (χ0n) is 9.32. The Morgan fingerprint density at radius 2 is 1.86 bits per heavy atom. The molecule has 1 aliphatic rings. The molecule has 0 saturated heterocycles. The van der Waals surface area contributed by atoms with E-state index in [2.05, 4.69) is 26.1 Å². The molecule has 0 amide bonds. The Bertz CT molecular complexity index is 172. The van der Waals surface area contributed by atoms with Crippen LogP contribution < -0.4 is 5.32 Å². The van der Waals surface area contributed by atoms with Crippen molar-refractivity contribution < 1.29 is 8.78 Å². The standard InChI is InChI=1S/C11H21F2N/c1-8(2)9(3)6-14-7-10-4-11(12,13)5-10/h8-10,14H,4-7H2,1-3H3. The second-order valence-corrected chi connectivity index (χ2v) is 5.01. The number of hydrogen-bond acceptors (Lipinski definition) is 1. The van der Waals surface area contributed by atoms with Crippen molar-refractivity contribution in [1.29, 1.82) is 0 Å². The Hall–Kier alpha value is -0.180. The molecule has 1 aliphatic carbocycles. The number of hydrogen-bond donors (Lipinski definition) is 1. The first kappa shape index (κ1) is 11.9. The monoisotopic (exact) mass is 205 g/mol. The normalized spacial score (nSPS) is 23.6. The first-order valence-electron chi connectivity index (χ1n) is 5.49. The zero-order valence-corrected chi connectivity index (χ0v) is 9.32. The van der Waals surface area contributed by atoms with Crippen molar-refractivity contribution in [2.24, 2.45) is 17.8 Å². The van der Waals surface area contributed by atoms with Crippen LogP contribution >= 0.6 is 0 Å². The molecule has 1 nitrogen and oxygen atoms in total. The van der Waals surface area contributed by atoms with Crippen molar-refractivity contribution in [3.63, 3.8) is 0 Å². The van der Waals surface area contributed by atoms with Gasteiger partial charge in [-0.1, -0.05) is 20.8 Å². The summed E-state index contributed by atoms with van der Waals surface area (Å²) in [6.45, 7) is 8.26. The maximum absolute atomic E-state index is 12.5. The van der Waals surface area contributed by atoms with Gasteiger partial charge in [-0.2, -0.15) is 0 Å². The number of nitrogens with one attached hydrogen (secondary N) is 1. The lowest BCUT2D eigenvalue weighted by Crippen LogP contribution is -2.42. The van der Waals surface area contributed by atoms with Gasteiger partial charge in [-0.25, -0.2) is 8.78 Å². The molecular weight excluding hydrogens is 184 g/mol. The summed E-state index contributed by atoms with van der Waals surface area (Å²) in [5, 5.41) is 3.27. The van der Waals surface area contributed by atoms with Gasteiger partial charge < -0.3 is 5.32 Å². The van der Waals surface area contributed by atoms with Gasteiger partial charge in [0.1, 0.15) is 0 Å². The van der Waals surface area contributed by atoms with E-state index in [-0.39, 0.29) is 18.8 Å². The SMILES string of the molecule is CC(C)C(C)CNCC1CC(F)(F)C1. The number of alkyl halides is 2. The van der Waals surface area contributed by atoms with E-state index in [0.29, 0.717) is 11.8 Å². The average Bonchev–Trinajstić information content (AvgIpc) is 2.00. The maximum Gasteiger partial charge on any atom is 0.248 e. The lowest BCUT2D eigenvalue weighted by Gasteiger charge is -2.35. The highest BCUT2D eigenvalue weighted by Gasteiger charge is 2.44. The van der Waals surface area contributed by atoms with E-state index in [0.717, 1.165) is 13.1 Å².